The van der Waals surface area contributed by atoms with E-state index >= 15 is 0 Å². The minimum absolute atomic E-state index is 0.0987. The van der Waals surface area contributed by atoms with Crippen molar-refractivity contribution in [3.63, 3.8) is 0 Å². The van der Waals surface area contributed by atoms with E-state index in [9.17, 15) is 14.4 Å². The van der Waals surface area contributed by atoms with E-state index < -0.39 is 11.8 Å². The predicted octanol–water partition coefficient (Wildman–Crippen LogP) is 2.90. The Morgan fingerprint density at radius 3 is 2.54 bits per heavy atom. The molecule has 1 heterocycles. The lowest BCUT2D eigenvalue weighted by atomic mass is 9.95. The highest BCUT2D eigenvalue weighted by Gasteiger charge is 2.23. The summed E-state index contributed by atoms with van der Waals surface area (Å²) in [5.74, 6) is -1.14. The molecule has 6 nitrogen and oxygen atoms in total. The molecule has 0 unspecified atom stereocenters. The summed E-state index contributed by atoms with van der Waals surface area (Å²) in [6.45, 7) is 2.64. The smallest absolute Gasteiger partial charge is 0.313 e. The predicted molar refractivity (Wildman–Crippen MR) is 101 cm³/mol. The van der Waals surface area contributed by atoms with Crippen LogP contribution < -0.4 is 15.5 Å². The van der Waals surface area contributed by atoms with Gasteiger partial charge in [-0.2, -0.15) is 0 Å². The van der Waals surface area contributed by atoms with Crippen LogP contribution in [-0.4, -0.2) is 30.3 Å². The van der Waals surface area contributed by atoms with Gasteiger partial charge in [0.2, 0.25) is 5.91 Å². The lowest BCUT2D eigenvalue weighted by Gasteiger charge is -2.28. The Bertz CT molecular complexity index is 696. The normalized spacial score (nSPS) is 18.5. The maximum atomic E-state index is 12.2. The second kappa shape index (κ2) is 8.34. The Morgan fingerprint density at radius 1 is 1.04 bits per heavy atom. The molecule has 1 saturated carbocycles. The zero-order valence-electron chi connectivity index (χ0n) is 15.3. The van der Waals surface area contributed by atoms with Gasteiger partial charge in [0.25, 0.3) is 0 Å². The van der Waals surface area contributed by atoms with E-state index in [1.54, 1.807) is 17.0 Å². The standard InChI is InChI=1S/C20H27N3O3/c1-14-10-11-16(13-17(14)23-12-6-5-9-18(23)24)22-20(26)19(25)21-15-7-3-2-4-8-15/h10-11,13,15H,2-9,12H2,1H3,(H,21,25)(H,22,26). The minimum Gasteiger partial charge on any atom is -0.345 e. The molecule has 0 atom stereocenters. The fourth-order valence-corrected chi connectivity index (χ4v) is 3.72. The van der Waals surface area contributed by atoms with Gasteiger partial charge in [0.1, 0.15) is 0 Å². The molecule has 140 valence electrons. The lowest BCUT2D eigenvalue weighted by molar-refractivity contribution is -0.136. The number of amides is 3. The van der Waals surface area contributed by atoms with Gasteiger partial charge in [0, 0.05) is 30.4 Å². The molecule has 0 aromatic heterocycles. The molecule has 0 radical (unpaired) electrons. The monoisotopic (exact) mass is 357 g/mol. The molecule has 0 bridgehead atoms. The van der Waals surface area contributed by atoms with Crippen LogP contribution in [-0.2, 0) is 14.4 Å². The summed E-state index contributed by atoms with van der Waals surface area (Å²) in [6.07, 6.45) is 7.71. The molecule has 1 aliphatic heterocycles. The van der Waals surface area contributed by atoms with Crippen molar-refractivity contribution in [3.05, 3.63) is 23.8 Å². The van der Waals surface area contributed by atoms with Crippen LogP contribution in [0.3, 0.4) is 0 Å². The van der Waals surface area contributed by atoms with Crippen molar-refractivity contribution in [2.24, 2.45) is 0 Å². The van der Waals surface area contributed by atoms with Crippen LogP contribution in [0.1, 0.15) is 56.9 Å². The van der Waals surface area contributed by atoms with E-state index in [0.29, 0.717) is 18.7 Å². The van der Waals surface area contributed by atoms with Crippen LogP contribution >= 0.6 is 0 Å². The van der Waals surface area contributed by atoms with Crippen LogP contribution in [0.15, 0.2) is 18.2 Å². The van der Waals surface area contributed by atoms with Gasteiger partial charge < -0.3 is 15.5 Å². The second-order valence-electron chi connectivity index (χ2n) is 7.27. The fraction of sp³-hybridized carbons (Fsp3) is 0.550. The van der Waals surface area contributed by atoms with Crippen LogP contribution in [0.4, 0.5) is 11.4 Å². The highest BCUT2D eigenvalue weighted by atomic mass is 16.2. The molecule has 2 N–H and O–H groups in total. The SMILES string of the molecule is Cc1ccc(NC(=O)C(=O)NC2CCCCC2)cc1N1CCCCC1=O. The Hall–Kier alpha value is -2.37. The zero-order valence-corrected chi connectivity index (χ0v) is 15.3. The molecule has 0 spiro atoms. The van der Waals surface area contributed by atoms with Gasteiger partial charge >= 0.3 is 11.8 Å². The van der Waals surface area contributed by atoms with Crippen molar-refractivity contribution in [2.75, 3.05) is 16.8 Å². The molecule has 3 rings (SSSR count). The molecule has 2 aliphatic rings. The Kier molecular flexibility index (Phi) is 5.91. The number of carbonyl (C=O) groups excluding carboxylic acids is 3. The van der Waals surface area contributed by atoms with Crippen molar-refractivity contribution >= 4 is 29.1 Å². The van der Waals surface area contributed by atoms with Crippen molar-refractivity contribution in [2.45, 2.75) is 64.3 Å². The van der Waals surface area contributed by atoms with E-state index in [4.69, 9.17) is 0 Å². The molecule has 1 saturated heterocycles. The first-order valence-corrected chi connectivity index (χ1v) is 9.57. The molecule has 1 aromatic carbocycles. The van der Waals surface area contributed by atoms with Gasteiger partial charge in [-0.15, -0.1) is 0 Å². The number of hydrogen-bond acceptors (Lipinski definition) is 3. The minimum atomic E-state index is -0.657. The Morgan fingerprint density at radius 2 is 1.81 bits per heavy atom. The van der Waals surface area contributed by atoms with Gasteiger partial charge in [-0.05, 0) is 50.3 Å². The van der Waals surface area contributed by atoms with E-state index in [0.717, 1.165) is 49.8 Å². The summed E-state index contributed by atoms with van der Waals surface area (Å²) in [4.78, 5) is 38.3. The van der Waals surface area contributed by atoms with Crippen molar-refractivity contribution in [3.8, 4) is 0 Å². The number of anilines is 2. The maximum Gasteiger partial charge on any atom is 0.313 e. The van der Waals surface area contributed by atoms with Crippen molar-refractivity contribution < 1.29 is 14.4 Å². The number of nitrogens with zero attached hydrogens (tertiary/aromatic N) is 1. The third-order valence-electron chi connectivity index (χ3n) is 5.23. The van der Waals surface area contributed by atoms with Gasteiger partial charge in [-0.3, -0.25) is 14.4 Å². The lowest BCUT2D eigenvalue weighted by Crippen LogP contribution is -2.42. The first-order chi connectivity index (χ1) is 12.5. The van der Waals surface area contributed by atoms with E-state index in [-0.39, 0.29) is 11.9 Å². The average Bonchev–Trinajstić information content (AvgIpc) is 2.64. The number of nitrogens with one attached hydrogen (secondary N) is 2. The van der Waals surface area contributed by atoms with Crippen LogP contribution in [0, 0.1) is 6.92 Å². The van der Waals surface area contributed by atoms with Crippen LogP contribution in [0.2, 0.25) is 0 Å². The number of rotatable bonds is 3. The summed E-state index contributed by atoms with van der Waals surface area (Å²) in [5.41, 5.74) is 2.32. The van der Waals surface area contributed by atoms with Crippen molar-refractivity contribution in [1.29, 1.82) is 0 Å². The number of benzene rings is 1. The van der Waals surface area contributed by atoms with E-state index in [2.05, 4.69) is 10.6 Å². The Balaban J connectivity index is 1.65. The topological polar surface area (TPSA) is 78.5 Å². The number of carbonyl (C=O) groups is 3. The number of aryl methyl sites for hydroxylation is 1. The van der Waals surface area contributed by atoms with Crippen LogP contribution in [0.25, 0.3) is 0 Å². The molecular formula is C20H27N3O3. The first kappa shape index (κ1) is 18.4. The summed E-state index contributed by atoms with van der Waals surface area (Å²) in [6, 6.07) is 5.51. The number of piperidine rings is 1. The van der Waals surface area contributed by atoms with Gasteiger partial charge in [-0.1, -0.05) is 25.3 Å². The van der Waals surface area contributed by atoms with Gasteiger partial charge in [0.15, 0.2) is 0 Å². The Labute approximate surface area is 154 Å². The molecule has 2 fully saturated rings. The summed E-state index contributed by atoms with van der Waals surface area (Å²) in [5, 5.41) is 5.48. The quantitative estimate of drug-likeness (QED) is 0.817. The second-order valence-corrected chi connectivity index (χ2v) is 7.27. The van der Waals surface area contributed by atoms with Gasteiger partial charge in [0.05, 0.1) is 0 Å². The van der Waals surface area contributed by atoms with Crippen molar-refractivity contribution in [1.82, 2.24) is 5.32 Å². The van der Waals surface area contributed by atoms with E-state index in [1.165, 1.54) is 6.42 Å². The summed E-state index contributed by atoms with van der Waals surface area (Å²) < 4.78 is 0. The molecule has 1 aliphatic carbocycles. The van der Waals surface area contributed by atoms with Gasteiger partial charge in [-0.25, -0.2) is 0 Å². The summed E-state index contributed by atoms with van der Waals surface area (Å²) >= 11 is 0. The zero-order chi connectivity index (χ0) is 18.5. The molecule has 1 aromatic rings. The van der Waals surface area contributed by atoms with E-state index in [1.807, 2.05) is 13.0 Å². The fourth-order valence-electron chi connectivity index (χ4n) is 3.72. The molecule has 6 heteroatoms. The number of hydrogen-bond donors (Lipinski definition) is 2. The largest absolute Gasteiger partial charge is 0.345 e. The maximum absolute atomic E-state index is 12.2. The molecule has 3 amide bonds. The van der Waals surface area contributed by atoms with Crippen LogP contribution in [0.5, 0.6) is 0 Å². The average molecular weight is 357 g/mol. The molecular weight excluding hydrogens is 330 g/mol. The molecule has 26 heavy (non-hydrogen) atoms. The highest BCUT2D eigenvalue weighted by molar-refractivity contribution is 6.39. The first-order valence-electron chi connectivity index (χ1n) is 9.57. The third kappa shape index (κ3) is 4.42. The third-order valence-corrected chi connectivity index (χ3v) is 5.23. The highest BCUT2D eigenvalue weighted by Crippen LogP contribution is 2.27. The summed E-state index contributed by atoms with van der Waals surface area (Å²) in [7, 11) is 0.